The van der Waals surface area contributed by atoms with Crippen molar-refractivity contribution in [2.75, 3.05) is 6.26 Å². The minimum absolute atomic E-state index is 0.0494. The first-order chi connectivity index (χ1) is 7.46. The second-order valence-electron chi connectivity index (χ2n) is 3.37. The lowest BCUT2D eigenvalue weighted by atomic mass is 10.2. The second kappa shape index (κ2) is 4.08. The van der Waals surface area contributed by atoms with E-state index in [1.54, 1.807) is 18.2 Å². The van der Waals surface area contributed by atoms with E-state index in [-0.39, 0.29) is 6.61 Å². The Hall–Kier alpha value is -1.04. The summed E-state index contributed by atoms with van der Waals surface area (Å²) in [7, 11) is -3.45. The molecule has 0 aliphatic heterocycles. The zero-order valence-corrected chi connectivity index (χ0v) is 10.0. The standard InChI is InChI=1S/C10H9ClO4S/c1-16(12,13)15-6-7-5-14-10-3-2-8(11)4-9(7)10/h2-5H,6H2,1H3. The maximum absolute atomic E-state index is 10.9. The number of fused-ring (bicyclic) bond motifs is 1. The van der Waals surface area contributed by atoms with E-state index in [2.05, 4.69) is 0 Å². The second-order valence-corrected chi connectivity index (χ2v) is 5.45. The van der Waals surface area contributed by atoms with Crippen molar-refractivity contribution in [3.8, 4) is 0 Å². The van der Waals surface area contributed by atoms with Gasteiger partial charge in [0, 0.05) is 16.0 Å². The molecule has 16 heavy (non-hydrogen) atoms. The number of rotatable bonds is 3. The fourth-order valence-corrected chi connectivity index (χ4v) is 1.85. The Balaban J connectivity index is 2.34. The van der Waals surface area contributed by atoms with Crippen LogP contribution in [0.5, 0.6) is 0 Å². The number of furan rings is 1. The highest BCUT2D eigenvalue weighted by Gasteiger charge is 2.09. The summed E-state index contributed by atoms with van der Waals surface area (Å²) in [4.78, 5) is 0. The first-order valence-electron chi connectivity index (χ1n) is 4.46. The van der Waals surface area contributed by atoms with Gasteiger partial charge in [0.15, 0.2) is 0 Å². The van der Waals surface area contributed by atoms with Crippen LogP contribution in [0.1, 0.15) is 5.56 Å². The molecule has 0 spiro atoms. The Morgan fingerprint density at radius 1 is 1.44 bits per heavy atom. The van der Waals surface area contributed by atoms with E-state index in [0.717, 1.165) is 11.6 Å². The molecule has 0 atom stereocenters. The van der Waals surface area contributed by atoms with Crippen LogP contribution in [0.3, 0.4) is 0 Å². The van der Waals surface area contributed by atoms with Gasteiger partial charge in [-0.3, -0.25) is 4.18 Å². The molecular weight excluding hydrogens is 252 g/mol. The van der Waals surface area contributed by atoms with Crippen molar-refractivity contribution in [3.63, 3.8) is 0 Å². The number of hydrogen-bond donors (Lipinski definition) is 0. The molecule has 2 aromatic rings. The van der Waals surface area contributed by atoms with Crippen molar-refractivity contribution in [1.82, 2.24) is 0 Å². The number of hydrogen-bond acceptors (Lipinski definition) is 4. The van der Waals surface area contributed by atoms with Gasteiger partial charge in [-0.1, -0.05) is 11.6 Å². The van der Waals surface area contributed by atoms with Gasteiger partial charge in [-0.2, -0.15) is 8.42 Å². The van der Waals surface area contributed by atoms with E-state index in [4.69, 9.17) is 20.2 Å². The molecule has 0 fully saturated rings. The Labute approximate surface area is 97.9 Å². The molecule has 0 aliphatic rings. The van der Waals surface area contributed by atoms with Gasteiger partial charge in [0.1, 0.15) is 5.58 Å². The summed E-state index contributed by atoms with van der Waals surface area (Å²) >= 11 is 5.84. The highest BCUT2D eigenvalue weighted by molar-refractivity contribution is 7.85. The van der Waals surface area contributed by atoms with Gasteiger partial charge in [-0.25, -0.2) is 0 Å². The fraction of sp³-hybridized carbons (Fsp3) is 0.200. The third kappa shape index (κ3) is 2.55. The van der Waals surface area contributed by atoms with Gasteiger partial charge in [0.05, 0.1) is 19.1 Å². The topological polar surface area (TPSA) is 56.5 Å². The lowest BCUT2D eigenvalue weighted by Gasteiger charge is -1.98. The lowest BCUT2D eigenvalue weighted by molar-refractivity contribution is 0.311. The molecule has 0 saturated heterocycles. The van der Waals surface area contributed by atoms with Crippen LogP contribution in [0.2, 0.25) is 5.02 Å². The molecule has 0 bridgehead atoms. The quantitative estimate of drug-likeness (QED) is 0.796. The first kappa shape index (κ1) is 11.4. The molecule has 2 rings (SSSR count). The Morgan fingerprint density at radius 2 is 2.19 bits per heavy atom. The summed E-state index contributed by atoms with van der Waals surface area (Å²) in [5.74, 6) is 0. The van der Waals surface area contributed by atoms with Gasteiger partial charge in [0.25, 0.3) is 10.1 Å². The average molecular weight is 261 g/mol. The van der Waals surface area contributed by atoms with Gasteiger partial charge in [-0.15, -0.1) is 0 Å². The molecule has 6 heteroatoms. The van der Waals surface area contributed by atoms with Crippen LogP contribution in [0.15, 0.2) is 28.9 Å². The zero-order valence-electron chi connectivity index (χ0n) is 8.44. The van der Waals surface area contributed by atoms with Crippen molar-refractivity contribution >= 4 is 32.7 Å². The minimum atomic E-state index is -3.45. The van der Waals surface area contributed by atoms with Crippen molar-refractivity contribution in [2.45, 2.75) is 6.61 Å². The van der Waals surface area contributed by atoms with Crippen molar-refractivity contribution in [2.24, 2.45) is 0 Å². The highest BCUT2D eigenvalue weighted by atomic mass is 35.5. The Morgan fingerprint density at radius 3 is 2.88 bits per heavy atom. The summed E-state index contributed by atoms with van der Waals surface area (Å²) in [5, 5.41) is 1.32. The minimum Gasteiger partial charge on any atom is -0.464 e. The summed E-state index contributed by atoms with van der Waals surface area (Å²) < 4.78 is 31.6. The van der Waals surface area contributed by atoms with E-state index in [9.17, 15) is 8.42 Å². The molecule has 0 aliphatic carbocycles. The normalized spacial score (nSPS) is 12.1. The van der Waals surface area contributed by atoms with E-state index >= 15 is 0 Å². The van der Waals surface area contributed by atoms with Crippen LogP contribution in [-0.4, -0.2) is 14.7 Å². The molecular formula is C10H9ClO4S. The molecule has 0 radical (unpaired) electrons. The Kier molecular flexibility index (Phi) is 2.92. The zero-order chi connectivity index (χ0) is 11.8. The van der Waals surface area contributed by atoms with Gasteiger partial charge < -0.3 is 4.42 Å². The fourth-order valence-electron chi connectivity index (χ4n) is 1.34. The molecule has 0 unspecified atom stereocenters. The lowest BCUT2D eigenvalue weighted by Crippen LogP contribution is -2.02. The van der Waals surface area contributed by atoms with Crippen molar-refractivity contribution < 1.29 is 17.0 Å². The molecule has 0 N–H and O–H groups in total. The summed E-state index contributed by atoms with van der Waals surface area (Å²) in [5.41, 5.74) is 1.31. The average Bonchev–Trinajstić information content (AvgIpc) is 2.56. The van der Waals surface area contributed by atoms with Crippen LogP contribution in [0.4, 0.5) is 0 Å². The largest absolute Gasteiger partial charge is 0.464 e. The van der Waals surface area contributed by atoms with E-state index in [1.807, 2.05) is 0 Å². The molecule has 0 saturated carbocycles. The predicted octanol–water partition coefficient (Wildman–Crippen LogP) is 2.56. The third-order valence-electron chi connectivity index (χ3n) is 2.04. The smallest absolute Gasteiger partial charge is 0.264 e. The van der Waals surface area contributed by atoms with Crippen LogP contribution in [0.25, 0.3) is 11.0 Å². The summed E-state index contributed by atoms with van der Waals surface area (Å²) in [6, 6.07) is 5.14. The third-order valence-corrected chi connectivity index (χ3v) is 2.83. The van der Waals surface area contributed by atoms with Gasteiger partial charge in [0.2, 0.25) is 0 Å². The summed E-state index contributed by atoms with van der Waals surface area (Å²) in [6.45, 7) is -0.0494. The maximum atomic E-state index is 10.9. The monoisotopic (exact) mass is 260 g/mol. The van der Waals surface area contributed by atoms with Crippen molar-refractivity contribution in [3.05, 3.63) is 35.0 Å². The van der Waals surface area contributed by atoms with Crippen LogP contribution in [0, 0.1) is 0 Å². The molecule has 0 amide bonds. The molecule has 4 nitrogen and oxygen atoms in total. The molecule has 86 valence electrons. The van der Waals surface area contributed by atoms with Crippen molar-refractivity contribution in [1.29, 1.82) is 0 Å². The number of halogens is 1. The van der Waals surface area contributed by atoms with Crippen LogP contribution >= 0.6 is 11.6 Å². The maximum Gasteiger partial charge on any atom is 0.264 e. The first-order valence-corrected chi connectivity index (χ1v) is 6.65. The molecule has 1 aromatic heterocycles. The molecule has 1 aromatic carbocycles. The number of benzene rings is 1. The SMILES string of the molecule is CS(=O)(=O)OCc1coc2ccc(Cl)cc12. The molecule has 1 heterocycles. The Bertz CT molecular complexity index is 615. The summed E-state index contributed by atoms with van der Waals surface area (Å²) in [6.07, 6.45) is 2.47. The van der Waals surface area contributed by atoms with Crippen LogP contribution < -0.4 is 0 Å². The van der Waals surface area contributed by atoms with Gasteiger partial charge >= 0.3 is 0 Å². The van der Waals surface area contributed by atoms with E-state index in [1.165, 1.54) is 6.26 Å². The van der Waals surface area contributed by atoms with Gasteiger partial charge in [-0.05, 0) is 18.2 Å². The van der Waals surface area contributed by atoms with E-state index in [0.29, 0.717) is 16.2 Å². The van der Waals surface area contributed by atoms with E-state index < -0.39 is 10.1 Å². The van der Waals surface area contributed by atoms with Crippen LogP contribution in [-0.2, 0) is 20.9 Å². The highest BCUT2D eigenvalue weighted by Crippen LogP contribution is 2.25. The predicted molar refractivity (Wildman–Crippen MR) is 60.9 cm³/mol.